The van der Waals surface area contributed by atoms with Gasteiger partial charge in [0.2, 0.25) is 0 Å². The standard InChI is InChI=1S/C32H39N3O3/c1-25-14-13-19-30(26(25)2)37-23-12-11-22-35-29-18-9-8-17-28(29)34-31(35)20-7-4-10-21-33-32(36)24-38-27-15-5-3-6-16-27/h3,5-6,8-9,13-19H,4,7,10-12,20-24H2,1-2H3,(H,33,36). The number of nitrogens with zero attached hydrogens (tertiary/aromatic N) is 2. The van der Waals surface area contributed by atoms with Crippen molar-refractivity contribution in [3.8, 4) is 11.5 Å². The summed E-state index contributed by atoms with van der Waals surface area (Å²) < 4.78 is 13.9. The first kappa shape index (κ1) is 27.2. The predicted octanol–water partition coefficient (Wildman–Crippen LogP) is 6.42. The van der Waals surface area contributed by atoms with Crippen LogP contribution in [0.5, 0.6) is 11.5 Å². The second kappa shape index (κ2) is 14.2. The minimum absolute atomic E-state index is 0.0453. The third-order valence-corrected chi connectivity index (χ3v) is 6.83. The number of unbranched alkanes of at least 4 members (excludes halogenated alkanes) is 3. The van der Waals surface area contributed by atoms with E-state index in [4.69, 9.17) is 14.5 Å². The Morgan fingerprint density at radius 2 is 1.66 bits per heavy atom. The van der Waals surface area contributed by atoms with Crippen molar-refractivity contribution < 1.29 is 14.3 Å². The molecule has 200 valence electrons. The second-order valence-electron chi connectivity index (χ2n) is 9.68. The maximum Gasteiger partial charge on any atom is 0.257 e. The Morgan fingerprint density at radius 1 is 0.842 bits per heavy atom. The van der Waals surface area contributed by atoms with Crippen LogP contribution in [-0.4, -0.2) is 35.2 Å². The van der Waals surface area contributed by atoms with E-state index in [1.54, 1.807) is 0 Å². The van der Waals surface area contributed by atoms with Gasteiger partial charge in [0.05, 0.1) is 17.6 Å². The van der Waals surface area contributed by atoms with Crippen molar-refractivity contribution in [3.63, 3.8) is 0 Å². The van der Waals surface area contributed by atoms with Gasteiger partial charge in [0, 0.05) is 19.5 Å². The van der Waals surface area contributed by atoms with Crippen LogP contribution in [0, 0.1) is 13.8 Å². The lowest BCUT2D eigenvalue weighted by Crippen LogP contribution is -2.29. The quantitative estimate of drug-likeness (QED) is 0.186. The summed E-state index contributed by atoms with van der Waals surface area (Å²) in [7, 11) is 0. The molecule has 4 aromatic rings. The predicted molar refractivity (Wildman–Crippen MR) is 153 cm³/mol. The molecule has 4 rings (SSSR count). The van der Waals surface area contributed by atoms with Gasteiger partial charge in [-0.15, -0.1) is 0 Å². The van der Waals surface area contributed by atoms with Gasteiger partial charge in [-0.3, -0.25) is 4.79 Å². The Kier molecular flexibility index (Phi) is 10.2. The van der Waals surface area contributed by atoms with E-state index in [0.717, 1.165) is 62.2 Å². The van der Waals surface area contributed by atoms with E-state index in [1.807, 2.05) is 42.5 Å². The summed E-state index contributed by atoms with van der Waals surface area (Å²) in [6.07, 6.45) is 5.97. The van der Waals surface area contributed by atoms with E-state index in [2.05, 4.69) is 54.1 Å². The Labute approximate surface area is 226 Å². The highest BCUT2D eigenvalue weighted by atomic mass is 16.5. The van der Waals surface area contributed by atoms with Crippen LogP contribution in [0.3, 0.4) is 0 Å². The topological polar surface area (TPSA) is 65.4 Å². The number of aromatic nitrogens is 2. The second-order valence-corrected chi connectivity index (χ2v) is 9.68. The molecule has 0 aliphatic rings. The molecule has 3 aromatic carbocycles. The molecule has 0 fully saturated rings. The van der Waals surface area contributed by atoms with Gasteiger partial charge in [-0.1, -0.05) is 48.9 Å². The average molecular weight is 514 g/mol. The van der Waals surface area contributed by atoms with Gasteiger partial charge >= 0.3 is 0 Å². The Bertz CT molecular complexity index is 1300. The van der Waals surface area contributed by atoms with Crippen LogP contribution in [0.1, 0.15) is 49.1 Å². The average Bonchev–Trinajstić information content (AvgIpc) is 3.29. The van der Waals surface area contributed by atoms with Crippen LogP contribution in [-0.2, 0) is 17.8 Å². The zero-order valence-electron chi connectivity index (χ0n) is 22.6. The summed E-state index contributed by atoms with van der Waals surface area (Å²) in [4.78, 5) is 16.9. The zero-order valence-corrected chi connectivity index (χ0v) is 22.6. The molecule has 0 aliphatic carbocycles. The molecule has 1 amide bonds. The maximum absolute atomic E-state index is 12.0. The van der Waals surface area contributed by atoms with Gasteiger partial charge in [-0.05, 0) is 81.0 Å². The molecule has 0 atom stereocenters. The van der Waals surface area contributed by atoms with Gasteiger partial charge in [-0.25, -0.2) is 4.98 Å². The van der Waals surface area contributed by atoms with Crippen molar-refractivity contribution in [2.45, 2.75) is 58.9 Å². The number of aryl methyl sites for hydroxylation is 3. The number of carbonyl (C=O) groups excluding carboxylic acids is 1. The number of imidazole rings is 1. The largest absolute Gasteiger partial charge is 0.493 e. The molecule has 0 saturated carbocycles. The first-order valence-electron chi connectivity index (χ1n) is 13.7. The van der Waals surface area contributed by atoms with Crippen molar-refractivity contribution in [3.05, 3.63) is 89.7 Å². The number of carbonyl (C=O) groups is 1. The van der Waals surface area contributed by atoms with E-state index in [9.17, 15) is 4.79 Å². The van der Waals surface area contributed by atoms with E-state index in [-0.39, 0.29) is 12.5 Å². The van der Waals surface area contributed by atoms with Crippen LogP contribution in [0.4, 0.5) is 0 Å². The molecule has 1 aromatic heterocycles. The summed E-state index contributed by atoms with van der Waals surface area (Å²) in [6, 6.07) is 24.0. The van der Waals surface area contributed by atoms with E-state index >= 15 is 0 Å². The summed E-state index contributed by atoms with van der Waals surface area (Å²) in [5.41, 5.74) is 4.73. The number of fused-ring (bicyclic) bond motifs is 1. The van der Waals surface area contributed by atoms with Gasteiger partial charge in [0.25, 0.3) is 5.91 Å². The maximum atomic E-state index is 12.0. The first-order chi connectivity index (χ1) is 18.6. The van der Waals surface area contributed by atoms with Gasteiger partial charge < -0.3 is 19.4 Å². The lowest BCUT2D eigenvalue weighted by atomic mass is 10.1. The molecule has 0 aliphatic heterocycles. The molecule has 0 saturated heterocycles. The smallest absolute Gasteiger partial charge is 0.257 e. The molecular weight excluding hydrogens is 474 g/mol. The fraction of sp³-hybridized carbons (Fsp3) is 0.375. The number of ether oxygens (including phenoxy) is 2. The highest BCUT2D eigenvalue weighted by Crippen LogP contribution is 2.22. The van der Waals surface area contributed by atoms with E-state index in [1.165, 1.54) is 16.6 Å². The number of benzene rings is 3. The summed E-state index contributed by atoms with van der Waals surface area (Å²) in [6.45, 7) is 6.59. The monoisotopic (exact) mass is 513 g/mol. The molecule has 0 spiro atoms. The highest BCUT2D eigenvalue weighted by molar-refractivity contribution is 5.77. The number of hydrogen-bond donors (Lipinski definition) is 1. The van der Waals surface area contributed by atoms with Crippen molar-refractivity contribution in [1.82, 2.24) is 14.9 Å². The Balaban J connectivity index is 1.18. The van der Waals surface area contributed by atoms with Crippen LogP contribution in [0.15, 0.2) is 72.8 Å². The highest BCUT2D eigenvalue weighted by Gasteiger charge is 2.10. The number of nitrogens with one attached hydrogen (secondary N) is 1. The summed E-state index contributed by atoms with van der Waals surface area (Å²) in [5, 5.41) is 2.95. The Hall–Kier alpha value is -3.80. The molecule has 1 heterocycles. The fourth-order valence-electron chi connectivity index (χ4n) is 4.53. The fourth-order valence-corrected chi connectivity index (χ4v) is 4.53. The van der Waals surface area contributed by atoms with Crippen LogP contribution in [0.2, 0.25) is 0 Å². The van der Waals surface area contributed by atoms with Crippen LogP contribution >= 0.6 is 0 Å². The van der Waals surface area contributed by atoms with Crippen molar-refractivity contribution in [2.24, 2.45) is 0 Å². The Morgan fingerprint density at radius 3 is 2.53 bits per heavy atom. The minimum Gasteiger partial charge on any atom is -0.493 e. The number of rotatable bonds is 15. The minimum atomic E-state index is -0.0859. The van der Waals surface area contributed by atoms with E-state index in [0.29, 0.717) is 18.9 Å². The number of para-hydroxylation sites is 3. The SMILES string of the molecule is Cc1cccc(OCCCCn2c(CCCCCNC(=O)COc3ccccc3)nc3ccccc32)c1C. The van der Waals surface area contributed by atoms with Crippen LogP contribution in [0.25, 0.3) is 11.0 Å². The molecular formula is C32H39N3O3. The van der Waals surface area contributed by atoms with E-state index < -0.39 is 0 Å². The zero-order chi connectivity index (χ0) is 26.6. The third kappa shape index (κ3) is 7.85. The molecule has 6 heteroatoms. The number of amides is 1. The molecule has 0 unspecified atom stereocenters. The lowest BCUT2D eigenvalue weighted by Gasteiger charge is -2.12. The molecule has 0 radical (unpaired) electrons. The molecule has 6 nitrogen and oxygen atoms in total. The number of hydrogen-bond acceptors (Lipinski definition) is 4. The van der Waals surface area contributed by atoms with Gasteiger partial charge in [0.15, 0.2) is 6.61 Å². The van der Waals surface area contributed by atoms with Gasteiger partial charge in [-0.2, -0.15) is 0 Å². The third-order valence-electron chi connectivity index (χ3n) is 6.83. The summed E-state index contributed by atoms with van der Waals surface area (Å²) in [5.74, 6) is 2.75. The molecule has 38 heavy (non-hydrogen) atoms. The lowest BCUT2D eigenvalue weighted by molar-refractivity contribution is -0.123. The van der Waals surface area contributed by atoms with Crippen LogP contribution < -0.4 is 14.8 Å². The van der Waals surface area contributed by atoms with Crippen molar-refractivity contribution in [1.29, 1.82) is 0 Å². The van der Waals surface area contributed by atoms with Crippen molar-refractivity contribution >= 4 is 16.9 Å². The normalized spacial score (nSPS) is 11.0. The van der Waals surface area contributed by atoms with Gasteiger partial charge in [0.1, 0.15) is 17.3 Å². The summed E-state index contributed by atoms with van der Waals surface area (Å²) >= 11 is 0. The molecule has 0 bridgehead atoms. The first-order valence-corrected chi connectivity index (χ1v) is 13.7. The molecule has 1 N–H and O–H groups in total. The van der Waals surface area contributed by atoms with Crippen molar-refractivity contribution in [2.75, 3.05) is 19.8 Å².